The summed E-state index contributed by atoms with van der Waals surface area (Å²) in [6.45, 7) is 0.370. The van der Waals surface area contributed by atoms with Gasteiger partial charge < -0.3 is 9.64 Å². The van der Waals surface area contributed by atoms with Gasteiger partial charge in [0.15, 0.2) is 5.75 Å². The lowest BCUT2D eigenvalue weighted by Crippen LogP contribution is -2.29. The highest BCUT2D eigenvalue weighted by Crippen LogP contribution is 2.39. The summed E-state index contributed by atoms with van der Waals surface area (Å²) in [4.78, 5) is 26.0. The lowest BCUT2D eigenvalue weighted by atomic mass is 10.1. The van der Waals surface area contributed by atoms with Crippen LogP contribution >= 0.6 is 0 Å². The van der Waals surface area contributed by atoms with E-state index >= 15 is 0 Å². The van der Waals surface area contributed by atoms with Gasteiger partial charge in [0.1, 0.15) is 5.75 Å². The fourth-order valence-electron chi connectivity index (χ4n) is 3.15. The summed E-state index contributed by atoms with van der Waals surface area (Å²) >= 11 is 0. The number of hydroxylamine groups is 1. The molecule has 0 bridgehead atoms. The summed E-state index contributed by atoms with van der Waals surface area (Å²) in [5, 5.41) is 8.54. The number of ether oxygens (including phenoxy) is 1. The van der Waals surface area contributed by atoms with Crippen molar-refractivity contribution in [2.75, 3.05) is 4.90 Å². The number of anilines is 1. The number of nitrogens with zero attached hydrogens (tertiary/aromatic N) is 1. The predicted octanol–water partition coefficient (Wildman–Crippen LogP) is 4.16. The molecule has 0 aromatic heterocycles. The fourth-order valence-corrected chi connectivity index (χ4v) is 3.15. The molecular formula is C23H18N2O4. The molecule has 1 aliphatic heterocycles. The second-order valence-corrected chi connectivity index (χ2v) is 6.51. The van der Waals surface area contributed by atoms with E-state index in [1.54, 1.807) is 28.6 Å². The SMILES string of the molecule is O=C(/C=C/c1ccc(CN2C(=O)c3ccccc3Oc3ccccc32)cc1)NO. The number of para-hydroxylation sites is 3. The van der Waals surface area contributed by atoms with Crippen molar-refractivity contribution in [3.63, 3.8) is 0 Å². The molecule has 0 saturated carbocycles. The van der Waals surface area contributed by atoms with Crippen LogP contribution in [0.4, 0.5) is 5.69 Å². The average molecular weight is 386 g/mol. The predicted molar refractivity (Wildman–Crippen MR) is 109 cm³/mol. The molecule has 0 atom stereocenters. The zero-order valence-corrected chi connectivity index (χ0v) is 15.4. The Morgan fingerprint density at radius 1 is 0.966 bits per heavy atom. The third kappa shape index (κ3) is 3.88. The molecule has 3 aromatic rings. The number of carbonyl (C=O) groups excluding carboxylic acids is 2. The van der Waals surface area contributed by atoms with Crippen LogP contribution < -0.4 is 15.1 Å². The Balaban J connectivity index is 1.64. The molecule has 1 heterocycles. The molecule has 144 valence electrons. The van der Waals surface area contributed by atoms with Crippen molar-refractivity contribution < 1.29 is 19.5 Å². The average Bonchev–Trinajstić information content (AvgIpc) is 2.88. The minimum absolute atomic E-state index is 0.130. The topological polar surface area (TPSA) is 78.9 Å². The summed E-state index contributed by atoms with van der Waals surface area (Å²) in [7, 11) is 0. The number of amides is 2. The highest BCUT2D eigenvalue weighted by Gasteiger charge is 2.27. The zero-order valence-electron chi connectivity index (χ0n) is 15.4. The first-order valence-corrected chi connectivity index (χ1v) is 9.04. The lowest BCUT2D eigenvalue weighted by Gasteiger charge is -2.22. The summed E-state index contributed by atoms with van der Waals surface area (Å²) in [5.41, 5.74) is 4.49. The summed E-state index contributed by atoms with van der Waals surface area (Å²) in [6, 6.07) is 22.1. The number of carbonyl (C=O) groups is 2. The molecule has 3 aromatic carbocycles. The van der Waals surface area contributed by atoms with Gasteiger partial charge in [-0.2, -0.15) is 0 Å². The van der Waals surface area contributed by atoms with Gasteiger partial charge in [0.05, 0.1) is 17.8 Å². The molecule has 0 saturated heterocycles. The number of benzene rings is 3. The first-order valence-electron chi connectivity index (χ1n) is 9.04. The van der Waals surface area contributed by atoms with Crippen LogP contribution in [0.5, 0.6) is 11.5 Å². The first kappa shape index (κ1) is 18.5. The molecule has 2 amide bonds. The molecule has 29 heavy (non-hydrogen) atoms. The molecule has 2 N–H and O–H groups in total. The number of rotatable bonds is 4. The van der Waals surface area contributed by atoms with Gasteiger partial charge in [-0.1, -0.05) is 48.5 Å². The Labute approximate surface area is 167 Å². The number of fused-ring (bicyclic) bond motifs is 2. The van der Waals surface area contributed by atoms with Crippen LogP contribution in [-0.4, -0.2) is 17.0 Å². The van der Waals surface area contributed by atoms with Crippen LogP contribution in [0.3, 0.4) is 0 Å². The monoisotopic (exact) mass is 386 g/mol. The van der Waals surface area contributed by atoms with Crippen LogP contribution in [0.15, 0.2) is 78.9 Å². The molecule has 0 aliphatic carbocycles. The van der Waals surface area contributed by atoms with E-state index in [1.807, 2.05) is 60.7 Å². The Bertz CT molecular complexity index is 1090. The minimum atomic E-state index is -0.598. The molecule has 4 rings (SSSR count). The molecule has 0 fully saturated rings. The summed E-state index contributed by atoms with van der Waals surface area (Å²) in [6.07, 6.45) is 2.82. The van der Waals surface area contributed by atoms with Crippen molar-refractivity contribution in [3.8, 4) is 11.5 Å². The van der Waals surface area contributed by atoms with Crippen molar-refractivity contribution in [1.82, 2.24) is 5.48 Å². The normalized spacial score (nSPS) is 12.7. The quantitative estimate of drug-likeness (QED) is 0.401. The zero-order chi connectivity index (χ0) is 20.2. The Kier molecular flexibility index (Phi) is 5.09. The summed E-state index contributed by atoms with van der Waals surface area (Å²) < 4.78 is 5.99. The van der Waals surface area contributed by atoms with Crippen LogP contribution in [0.2, 0.25) is 0 Å². The molecule has 0 radical (unpaired) electrons. The van der Waals surface area contributed by atoms with Crippen molar-refractivity contribution in [3.05, 3.63) is 95.6 Å². The van der Waals surface area contributed by atoms with E-state index < -0.39 is 5.91 Å². The van der Waals surface area contributed by atoms with E-state index in [-0.39, 0.29) is 5.91 Å². The lowest BCUT2D eigenvalue weighted by molar-refractivity contribution is -0.124. The third-order valence-corrected chi connectivity index (χ3v) is 4.60. The van der Waals surface area contributed by atoms with E-state index in [0.29, 0.717) is 29.3 Å². The van der Waals surface area contributed by atoms with Crippen molar-refractivity contribution >= 4 is 23.6 Å². The van der Waals surface area contributed by atoms with Gasteiger partial charge in [-0.05, 0) is 41.5 Å². The van der Waals surface area contributed by atoms with Crippen LogP contribution in [0.1, 0.15) is 21.5 Å². The van der Waals surface area contributed by atoms with Crippen molar-refractivity contribution in [2.45, 2.75) is 6.54 Å². The number of hydrogen-bond acceptors (Lipinski definition) is 4. The van der Waals surface area contributed by atoms with Gasteiger partial charge >= 0.3 is 0 Å². The van der Waals surface area contributed by atoms with E-state index in [4.69, 9.17) is 9.94 Å². The van der Waals surface area contributed by atoms with Gasteiger partial charge in [0.25, 0.3) is 11.8 Å². The maximum Gasteiger partial charge on any atom is 0.267 e. The highest BCUT2D eigenvalue weighted by molar-refractivity contribution is 6.09. The number of hydrogen-bond donors (Lipinski definition) is 2. The second kappa shape index (κ2) is 8.00. The van der Waals surface area contributed by atoms with Crippen LogP contribution in [0, 0.1) is 0 Å². The van der Waals surface area contributed by atoms with Crippen molar-refractivity contribution in [2.24, 2.45) is 0 Å². The van der Waals surface area contributed by atoms with Crippen molar-refractivity contribution in [1.29, 1.82) is 0 Å². The first-order chi connectivity index (χ1) is 14.2. The van der Waals surface area contributed by atoms with Gasteiger partial charge in [-0.25, -0.2) is 5.48 Å². The maximum absolute atomic E-state index is 13.2. The van der Waals surface area contributed by atoms with E-state index in [9.17, 15) is 9.59 Å². The van der Waals surface area contributed by atoms with Crippen LogP contribution in [-0.2, 0) is 11.3 Å². The second-order valence-electron chi connectivity index (χ2n) is 6.51. The molecule has 6 heteroatoms. The van der Waals surface area contributed by atoms with Gasteiger partial charge in [-0.15, -0.1) is 0 Å². The maximum atomic E-state index is 13.2. The smallest absolute Gasteiger partial charge is 0.267 e. The third-order valence-electron chi connectivity index (χ3n) is 4.60. The van der Waals surface area contributed by atoms with E-state index in [0.717, 1.165) is 11.1 Å². The summed E-state index contributed by atoms with van der Waals surface area (Å²) in [5.74, 6) is 0.434. The number of nitrogens with one attached hydrogen (secondary N) is 1. The molecule has 6 nitrogen and oxygen atoms in total. The minimum Gasteiger partial charge on any atom is -0.454 e. The largest absolute Gasteiger partial charge is 0.454 e. The Morgan fingerprint density at radius 3 is 2.41 bits per heavy atom. The van der Waals surface area contributed by atoms with Gasteiger partial charge in [-0.3, -0.25) is 14.8 Å². The van der Waals surface area contributed by atoms with E-state index in [2.05, 4.69) is 0 Å². The molecule has 1 aliphatic rings. The molecule has 0 unspecified atom stereocenters. The molecular weight excluding hydrogens is 368 g/mol. The fraction of sp³-hybridized carbons (Fsp3) is 0.0435. The van der Waals surface area contributed by atoms with E-state index in [1.165, 1.54) is 6.08 Å². The molecule has 0 spiro atoms. The van der Waals surface area contributed by atoms with Crippen LogP contribution in [0.25, 0.3) is 6.08 Å². The Morgan fingerprint density at radius 2 is 1.66 bits per heavy atom. The highest BCUT2D eigenvalue weighted by atomic mass is 16.5. The standard InChI is InChI=1S/C23H18N2O4/c26-22(24-28)14-13-16-9-11-17(12-10-16)15-25-19-6-2-4-8-21(19)29-20-7-3-1-5-18(20)23(25)27/h1-14,28H,15H2,(H,24,26)/b14-13+. The van der Waals surface area contributed by atoms with Gasteiger partial charge in [0.2, 0.25) is 0 Å². The Hall–Kier alpha value is -3.90. The van der Waals surface area contributed by atoms with Gasteiger partial charge in [0, 0.05) is 6.08 Å².